The maximum Gasteiger partial charge on any atom is 0.405 e. The van der Waals surface area contributed by atoms with Gasteiger partial charge in [-0.05, 0) is 18.6 Å². The summed E-state index contributed by atoms with van der Waals surface area (Å²) in [7, 11) is 0. The number of carbonyl (C=O) groups excluding carboxylic acids is 1. The van der Waals surface area contributed by atoms with Crippen LogP contribution in [0.1, 0.15) is 15.9 Å². The van der Waals surface area contributed by atoms with E-state index in [-0.39, 0.29) is 11.3 Å². The van der Waals surface area contributed by atoms with Gasteiger partial charge in [0.05, 0.1) is 5.56 Å². The van der Waals surface area contributed by atoms with Crippen molar-refractivity contribution in [1.82, 2.24) is 5.32 Å². The highest BCUT2D eigenvalue weighted by Gasteiger charge is 2.28. The molecule has 0 spiro atoms. The Kier molecular flexibility index (Phi) is 3.41. The third kappa shape index (κ3) is 3.15. The average molecular weight is 232 g/mol. The standard InChI is InChI=1S/C10H11F3N2O/c1-6-3-2-4-7(8(6)14)9(16)15-5-10(11,12)13/h2-4H,5,14H2,1H3,(H,15,16). The molecule has 0 saturated heterocycles. The van der Waals surface area contributed by atoms with Gasteiger partial charge in [-0.25, -0.2) is 0 Å². The molecule has 6 heteroatoms. The van der Waals surface area contributed by atoms with Crippen LogP contribution in [0.15, 0.2) is 18.2 Å². The lowest BCUT2D eigenvalue weighted by molar-refractivity contribution is -0.123. The Morgan fingerprint density at radius 1 is 1.44 bits per heavy atom. The normalized spacial score (nSPS) is 11.2. The van der Waals surface area contributed by atoms with E-state index in [9.17, 15) is 18.0 Å². The number of alkyl halides is 3. The number of nitrogen functional groups attached to an aromatic ring is 1. The minimum atomic E-state index is -4.42. The number of nitrogens with two attached hydrogens (primary N) is 1. The molecular weight excluding hydrogens is 221 g/mol. The van der Waals surface area contributed by atoms with Crippen LogP contribution in [0, 0.1) is 6.92 Å². The van der Waals surface area contributed by atoms with Gasteiger partial charge in [0.1, 0.15) is 6.54 Å². The summed E-state index contributed by atoms with van der Waals surface area (Å²) in [5.74, 6) is -0.821. The summed E-state index contributed by atoms with van der Waals surface area (Å²) in [6, 6.07) is 4.62. The molecule has 1 rings (SSSR count). The molecule has 0 bridgehead atoms. The third-order valence-electron chi connectivity index (χ3n) is 2.02. The zero-order valence-corrected chi connectivity index (χ0v) is 8.56. The lowest BCUT2D eigenvalue weighted by Gasteiger charge is -2.10. The Morgan fingerprint density at radius 3 is 2.62 bits per heavy atom. The molecule has 88 valence electrons. The maximum atomic E-state index is 11.9. The largest absolute Gasteiger partial charge is 0.405 e. The lowest BCUT2D eigenvalue weighted by atomic mass is 10.1. The van der Waals surface area contributed by atoms with Crippen molar-refractivity contribution in [1.29, 1.82) is 0 Å². The van der Waals surface area contributed by atoms with Crippen LogP contribution >= 0.6 is 0 Å². The number of carbonyl (C=O) groups is 1. The van der Waals surface area contributed by atoms with E-state index in [0.29, 0.717) is 5.56 Å². The van der Waals surface area contributed by atoms with Crippen molar-refractivity contribution in [2.45, 2.75) is 13.1 Å². The topological polar surface area (TPSA) is 55.1 Å². The summed E-state index contributed by atoms with van der Waals surface area (Å²) in [5.41, 5.74) is 6.49. The molecule has 0 heterocycles. The molecule has 0 unspecified atom stereocenters. The molecule has 0 fully saturated rings. The molecule has 0 aliphatic heterocycles. The second kappa shape index (κ2) is 4.42. The number of amides is 1. The van der Waals surface area contributed by atoms with Crippen molar-refractivity contribution in [3.63, 3.8) is 0 Å². The first kappa shape index (κ1) is 12.4. The Morgan fingerprint density at radius 2 is 2.06 bits per heavy atom. The van der Waals surface area contributed by atoms with Crippen molar-refractivity contribution in [2.24, 2.45) is 0 Å². The highest BCUT2D eigenvalue weighted by atomic mass is 19.4. The first-order valence-electron chi connectivity index (χ1n) is 4.51. The molecule has 0 aliphatic rings. The summed E-state index contributed by atoms with van der Waals surface area (Å²) >= 11 is 0. The van der Waals surface area contributed by atoms with Crippen LogP contribution in [0.4, 0.5) is 18.9 Å². The highest BCUT2D eigenvalue weighted by molar-refractivity contribution is 5.99. The molecule has 0 aliphatic carbocycles. The molecule has 0 aromatic heterocycles. The van der Waals surface area contributed by atoms with E-state index < -0.39 is 18.6 Å². The molecule has 3 nitrogen and oxygen atoms in total. The zero-order chi connectivity index (χ0) is 12.3. The van der Waals surface area contributed by atoms with Crippen LogP contribution in [-0.4, -0.2) is 18.6 Å². The minimum absolute atomic E-state index is 0.0595. The van der Waals surface area contributed by atoms with E-state index >= 15 is 0 Å². The van der Waals surface area contributed by atoms with Crippen molar-refractivity contribution >= 4 is 11.6 Å². The highest BCUT2D eigenvalue weighted by Crippen LogP contribution is 2.17. The molecular formula is C10H11F3N2O. The van der Waals surface area contributed by atoms with Gasteiger partial charge in [0.15, 0.2) is 0 Å². The smallest absolute Gasteiger partial charge is 0.398 e. The number of benzene rings is 1. The number of aryl methyl sites for hydroxylation is 1. The van der Waals surface area contributed by atoms with Crippen LogP contribution in [0.3, 0.4) is 0 Å². The predicted octanol–water partition coefficient (Wildman–Crippen LogP) is 1.87. The van der Waals surface area contributed by atoms with Crippen LogP contribution in [0.2, 0.25) is 0 Å². The molecule has 1 aromatic carbocycles. The van der Waals surface area contributed by atoms with Crippen LogP contribution in [-0.2, 0) is 0 Å². The molecule has 1 amide bonds. The number of anilines is 1. The lowest BCUT2D eigenvalue weighted by Crippen LogP contribution is -2.34. The van der Waals surface area contributed by atoms with Crippen LogP contribution in [0.5, 0.6) is 0 Å². The van der Waals surface area contributed by atoms with Crippen molar-refractivity contribution in [3.8, 4) is 0 Å². The quantitative estimate of drug-likeness (QED) is 0.765. The molecule has 0 radical (unpaired) electrons. The number of halogens is 3. The van der Waals surface area contributed by atoms with E-state index in [2.05, 4.69) is 0 Å². The number of hydrogen-bond acceptors (Lipinski definition) is 2. The maximum absolute atomic E-state index is 11.9. The van der Waals surface area contributed by atoms with Gasteiger partial charge in [-0.1, -0.05) is 12.1 Å². The van der Waals surface area contributed by atoms with Crippen molar-refractivity contribution in [3.05, 3.63) is 29.3 Å². The summed E-state index contributed by atoms with van der Waals surface area (Å²) in [6.45, 7) is 0.315. The molecule has 1 aromatic rings. The Balaban J connectivity index is 2.78. The van der Waals surface area contributed by atoms with Gasteiger partial charge < -0.3 is 11.1 Å². The van der Waals surface area contributed by atoms with Gasteiger partial charge >= 0.3 is 6.18 Å². The van der Waals surface area contributed by atoms with Gasteiger partial charge in [0.2, 0.25) is 0 Å². The van der Waals surface area contributed by atoms with Crippen molar-refractivity contribution < 1.29 is 18.0 Å². The summed E-state index contributed by atoms with van der Waals surface area (Å²) in [4.78, 5) is 11.4. The Bertz CT molecular complexity index is 402. The number of nitrogens with one attached hydrogen (secondary N) is 1. The SMILES string of the molecule is Cc1cccc(C(=O)NCC(F)(F)F)c1N. The summed E-state index contributed by atoms with van der Waals surface area (Å²) < 4.78 is 35.6. The van der Waals surface area contributed by atoms with Gasteiger partial charge in [0.25, 0.3) is 5.91 Å². The van der Waals surface area contributed by atoms with Gasteiger partial charge in [0, 0.05) is 5.69 Å². The average Bonchev–Trinajstić information content (AvgIpc) is 2.17. The Hall–Kier alpha value is -1.72. The second-order valence-corrected chi connectivity index (χ2v) is 3.33. The molecule has 16 heavy (non-hydrogen) atoms. The summed E-state index contributed by atoms with van der Waals surface area (Å²) in [5, 5.41) is 1.76. The predicted molar refractivity (Wildman–Crippen MR) is 54.0 cm³/mol. The zero-order valence-electron chi connectivity index (χ0n) is 8.56. The number of hydrogen-bond donors (Lipinski definition) is 2. The second-order valence-electron chi connectivity index (χ2n) is 3.33. The van der Waals surface area contributed by atoms with Crippen LogP contribution < -0.4 is 11.1 Å². The monoisotopic (exact) mass is 232 g/mol. The number of para-hydroxylation sites is 1. The Labute approximate surface area is 90.4 Å². The molecule has 0 saturated carbocycles. The third-order valence-corrected chi connectivity index (χ3v) is 2.02. The van der Waals surface area contributed by atoms with Gasteiger partial charge in [-0.3, -0.25) is 4.79 Å². The van der Waals surface area contributed by atoms with E-state index in [1.165, 1.54) is 6.07 Å². The van der Waals surface area contributed by atoms with E-state index in [1.807, 2.05) is 0 Å². The first-order valence-corrected chi connectivity index (χ1v) is 4.51. The fourth-order valence-electron chi connectivity index (χ4n) is 1.15. The van der Waals surface area contributed by atoms with Crippen LogP contribution in [0.25, 0.3) is 0 Å². The fraction of sp³-hybridized carbons (Fsp3) is 0.300. The van der Waals surface area contributed by atoms with E-state index in [4.69, 9.17) is 5.73 Å². The van der Waals surface area contributed by atoms with Crippen molar-refractivity contribution in [2.75, 3.05) is 12.3 Å². The summed E-state index contributed by atoms with van der Waals surface area (Å²) in [6.07, 6.45) is -4.42. The first-order chi connectivity index (χ1) is 7.31. The van der Waals surface area contributed by atoms with E-state index in [1.54, 1.807) is 24.4 Å². The minimum Gasteiger partial charge on any atom is -0.398 e. The van der Waals surface area contributed by atoms with Gasteiger partial charge in [-0.2, -0.15) is 13.2 Å². The van der Waals surface area contributed by atoms with Gasteiger partial charge in [-0.15, -0.1) is 0 Å². The van der Waals surface area contributed by atoms with E-state index in [0.717, 1.165) is 0 Å². The molecule has 3 N–H and O–H groups in total. The molecule has 0 atom stereocenters. The number of rotatable bonds is 2. The fourth-order valence-corrected chi connectivity index (χ4v) is 1.15.